The zero-order chi connectivity index (χ0) is 20.4. The Kier molecular flexibility index (Phi) is 18.3. The molecule has 0 saturated heterocycles. The molecule has 10 heteroatoms. The number of aliphatic hydroxyl groups is 1. The molecule has 2 atom stereocenters. The molecule has 9 nitrogen and oxygen atoms in total. The minimum absolute atomic E-state index is 0.178. The van der Waals surface area contributed by atoms with Crippen molar-refractivity contribution in [3.05, 3.63) is 0 Å². The number of unbranched alkanes of at least 4 members (excludes halogenated alkanes) is 3. The quantitative estimate of drug-likeness (QED) is 0.202. The van der Waals surface area contributed by atoms with Crippen LogP contribution in [0.25, 0.3) is 0 Å². The van der Waals surface area contributed by atoms with Crippen LogP contribution in [0.5, 0.6) is 0 Å². The Morgan fingerprint density at radius 1 is 1.00 bits per heavy atom. The summed E-state index contributed by atoms with van der Waals surface area (Å²) >= 11 is 1.55. The maximum atomic E-state index is 10.4. The molecule has 0 aliphatic carbocycles. The van der Waals surface area contributed by atoms with Crippen LogP contribution >= 0.6 is 11.8 Å². The van der Waals surface area contributed by atoms with E-state index in [0.29, 0.717) is 25.7 Å². The van der Waals surface area contributed by atoms with Crippen LogP contribution in [-0.4, -0.2) is 68.9 Å². The Morgan fingerprint density at radius 3 is 2.08 bits per heavy atom. The average Bonchev–Trinajstić information content (AvgIpc) is 2.54. The minimum Gasteiger partial charge on any atom is -0.481 e. The van der Waals surface area contributed by atoms with Crippen LogP contribution in [0.1, 0.15) is 51.4 Å². The average molecular weight is 395 g/mol. The van der Waals surface area contributed by atoms with Crippen LogP contribution in [0.2, 0.25) is 0 Å². The molecule has 152 valence electrons. The fourth-order valence-corrected chi connectivity index (χ4v) is 2.38. The number of carbonyl (C=O) groups excluding carboxylic acids is 1. The van der Waals surface area contributed by atoms with Gasteiger partial charge in [0.15, 0.2) is 0 Å². The van der Waals surface area contributed by atoms with Gasteiger partial charge in [-0.25, -0.2) is 4.79 Å². The van der Waals surface area contributed by atoms with Gasteiger partial charge >= 0.3 is 17.9 Å². The van der Waals surface area contributed by atoms with Crippen molar-refractivity contribution in [3.8, 4) is 0 Å². The third-order valence-corrected chi connectivity index (χ3v) is 3.91. The summed E-state index contributed by atoms with van der Waals surface area (Å²) in [6, 6.07) is -0.736. The molecule has 1 unspecified atom stereocenters. The highest BCUT2D eigenvalue weighted by Crippen LogP contribution is 2.09. The predicted molar refractivity (Wildman–Crippen MR) is 97.2 cm³/mol. The Morgan fingerprint density at radius 2 is 1.62 bits per heavy atom. The lowest BCUT2D eigenvalue weighted by Crippen LogP contribution is -2.36. The summed E-state index contributed by atoms with van der Waals surface area (Å²) in [5.41, 5.74) is 0. The number of carboxylic acid groups (broad SMARTS) is 3. The number of aliphatic hydroxyl groups excluding tert-OH is 1. The van der Waals surface area contributed by atoms with Crippen LogP contribution in [0.15, 0.2) is 0 Å². The number of carbonyl (C=O) groups is 4. The van der Waals surface area contributed by atoms with E-state index in [1.165, 1.54) is 0 Å². The van der Waals surface area contributed by atoms with Gasteiger partial charge in [0.2, 0.25) is 6.41 Å². The van der Waals surface area contributed by atoms with Gasteiger partial charge in [-0.1, -0.05) is 19.3 Å². The van der Waals surface area contributed by atoms with Crippen molar-refractivity contribution in [3.63, 3.8) is 0 Å². The summed E-state index contributed by atoms with van der Waals surface area (Å²) in [6.07, 6.45) is 5.47. The molecule has 0 radical (unpaired) electrons. The largest absolute Gasteiger partial charge is 0.481 e. The minimum atomic E-state index is -0.992. The van der Waals surface area contributed by atoms with Crippen molar-refractivity contribution in [2.45, 2.75) is 63.5 Å². The second-order valence-corrected chi connectivity index (χ2v) is 6.54. The van der Waals surface area contributed by atoms with Crippen molar-refractivity contribution in [2.24, 2.45) is 0 Å². The first-order valence-electron chi connectivity index (χ1n) is 8.27. The van der Waals surface area contributed by atoms with Gasteiger partial charge < -0.3 is 25.7 Å². The van der Waals surface area contributed by atoms with Crippen molar-refractivity contribution < 1.29 is 39.6 Å². The number of hydrogen-bond donors (Lipinski definition) is 5. The second-order valence-electron chi connectivity index (χ2n) is 5.56. The lowest BCUT2D eigenvalue weighted by Gasteiger charge is -2.08. The first-order valence-corrected chi connectivity index (χ1v) is 9.67. The molecule has 1 amide bonds. The van der Waals surface area contributed by atoms with Crippen LogP contribution in [-0.2, 0) is 19.2 Å². The standard InChI is InChI=1S/C10H18O5.C6H11NO3S/c11-8(7-10(14)15)5-3-1-2-4-6-9(12)13;1-11-3-2-5(6(9)10)7-4-8/h8,11H,1-7H2,(H,12,13)(H,14,15);4-5H,2-3H2,1H3,(H,7,8)(H,9,10)/t;5-/m.0/s1. The number of nitrogens with one attached hydrogen (secondary N) is 1. The molecule has 0 fully saturated rings. The van der Waals surface area contributed by atoms with Gasteiger partial charge in [-0.2, -0.15) is 11.8 Å². The topological polar surface area (TPSA) is 161 Å². The van der Waals surface area contributed by atoms with Crippen LogP contribution in [0.3, 0.4) is 0 Å². The van der Waals surface area contributed by atoms with Gasteiger partial charge in [-0.3, -0.25) is 14.4 Å². The Bertz CT molecular complexity index is 419. The summed E-state index contributed by atoms with van der Waals surface area (Å²) < 4.78 is 0. The molecule has 0 saturated carbocycles. The predicted octanol–water partition coefficient (Wildman–Crippen LogP) is 1.19. The lowest BCUT2D eigenvalue weighted by atomic mass is 10.1. The zero-order valence-electron chi connectivity index (χ0n) is 14.9. The van der Waals surface area contributed by atoms with Crippen molar-refractivity contribution in [1.29, 1.82) is 0 Å². The van der Waals surface area contributed by atoms with Crippen LogP contribution in [0, 0.1) is 0 Å². The molecule has 0 aromatic heterocycles. The van der Waals surface area contributed by atoms with E-state index >= 15 is 0 Å². The monoisotopic (exact) mass is 395 g/mol. The number of amides is 1. The summed E-state index contributed by atoms with van der Waals surface area (Å²) in [5.74, 6) is -2.03. The van der Waals surface area contributed by atoms with E-state index in [-0.39, 0.29) is 12.8 Å². The summed E-state index contributed by atoms with van der Waals surface area (Å²) in [7, 11) is 0. The van der Waals surface area contributed by atoms with Crippen LogP contribution in [0.4, 0.5) is 0 Å². The normalized spacial score (nSPS) is 12.2. The molecule has 0 aliphatic heterocycles. The van der Waals surface area contributed by atoms with Crippen molar-refractivity contribution >= 4 is 36.1 Å². The Hall–Kier alpha value is -1.81. The highest BCUT2D eigenvalue weighted by atomic mass is 32.2. The fourth-order valence-electron chi connectivity index (χ4n) is 1.91. The SMILES string of the molecule is CSCC[C@H](NC=O)C(=O)O.O=C(O)CCCCCCC(O)CC(=O)O. The van der Waals surface area contributed by atoms with E-state index in [2.05, 4.69) is 5.32 Å². The van der Waals surface area contributed by atoms with Crippen molar-refractivity contribution in [1.82, 2.24) is 5.32 Å². The Labute approximate surface area is 157 Å². The molecule has 0 aromatic rings. The molecule has 0 spiro atoms. The third kappa shape index (κ3) is 20.2. The number of thioether (sulfide) groups is 1. The second kappa shape index (κ2) is 18.0. The first-order chi connectivity index (χ1) is 12.2. The number of aliphatic carboxylic acids is 3. The van der Waals surface area contributed by atoms with E-state index < -0.39 is 30.1 Å². The van der Waals surface area contributed by atoms with Gasteiger partial charge in [-0.05, 0) is 31.3 Å². The number of hydrogen-bond acceptors (Lipinski definition) is 6. The van der Waals surface area contributed by atoms with Crippen molar-refractivity contribution in [2.75, 3.05) is 12.0 Å². The summed E-state index contributed by atoms with van der Waals surface area (Å²) in [5, 5.41) is 36.6. The van der Waals surface area contributed by atoms with E-state index in [1.807, 2.05) is 6.26 Å². The van der Waals surface area contributed by atoms with E-state index in [1.54, 1.807) is 11.8 Å². The highest BCUT2D eigenvalue weighted by molar-refractivity contribution is 7.98. The molecule has 0 aliphatic rings. The molecule has 0 aromatic carbocycles. The maximum Gasteiger partial charge on any atom is 0.326 e. The molecule has 0 bridgehead atoms. The van der Waals surface area contributed by atoms with Gasteiger partial charge in [0.25, 0.3) is 0 Å². The zero-order valence-corrected chi connectivity index (χ0v) is 15.7. The first kappa shape index (κ1) is 26.4. The van der Waals surface area contributed by atoms with Gasteiger partial charge in [0.1, 0.15) is 6.04 Å². The number of rotatable bonds is 15. The molecular formula is C16H29NO8S. The van der Waals surface area contributed by atoms with Gasteiger partial charge in [0, 0.05) is 6.42 Å². The molecule has 5 N–H and O–H groups in total. The van der Waals surface area contributed by atoms with Gasteiger partial charge in [-0.15, -0.1) is 0 Å². The van der Waals surface area contributed by atoms with E-state index in [0.717, 1.165) is 25.0 Å². The third-order valence-electron chi connectivity index (χ3n) is 3.27. The molecule has 26 heavy (non-hydrogen) atoms. The smallest absolute Gasteiger partial charge is 0.326 e. The fraction of sp³-hybridized carbons (Fsp3) is 0.750. The molecule has 0 rings (SSSR count). The van der Waals surface area contributed by atoms with E-state index in [4.69, 9.17) is 15.3 Å². The van der Waals surface area contributed by atoms with Crippen LogP contribution < -0.4 is 5.32 Å². The number of carboxylic acids is 3. The lowest BCUT2D eigenvalue weighted by molar-refractivity contribution is -0.141. The highest BCUT2D eigenvalue weighted by Gasteiger charge is 2.14. The molecular weight excluding hydrogens is 366 g/mol. The Balaban J connectivity index is 0. The van der Waals surface area contributed by atoms with E-state index in [9.17, 15) is 24.3 Å². The summed E-state index contributed by atoms with van der Waals surface area (Å²) in [6.45, 7) is 0. The van der Waals surface area contributed by atoms with Gasteiger partial charge in [0.05, 0.1) is 12.5 Å². The summed E-state index contributed by atoms with van der Waals surface area (Å²) in [4.78, 5) is 40.6. The molecule has 0 heterocycles. The maximum absolute atomic E-state index is 10.4.